The van der Waals surface area contributed by atoms with E-state index < -0.39 is 35.1 Å². The van der Waals surface area contributed by atoms with Crippen LogP contribution >= 0.6 is 0 Å². The molecule has 4 heterocycles. The lowest BCUT2D eigenvalue weighted by molar-refractivity contribution is -0.172. The highest BCUT2D eigenvalue weighted by Crippen LogP contribution is 2.46. The van der Waals surface area contributed by atoms with Gasteiger partial charge in [0.15, 0.2) is 5.60 Å². The molecule has 7 rings (SSSR count). The van der Waals surface area contributed by atoms with Gasteiger partial charge in [-0.2, -0.15) is 0 Å². The van der Waals surface area contributed by atoms with E-state index in [0.717, 1.165) is 16.7 Å². The number of pyridine rings is 2. The van der Waals surface area contributed by atoms with Crippen LogP contribution in [0.4, 0.5) is 9.18 Å². The Balaban J connectivity index is 0.824. The van der Waals surface area contributed by atoms with Crippen LogP contribution in [0.3, 0.4) is 0 Å². The number of ether oxygens (including phenoxy) is 10. The van der Waals surface area contributed by atoms with Crippen LogP contribution in [-0.4, -0.2) is 151 Å². The van der Waals surface area contributed by atoms with Gasteiger partial charge in [0.1, 0.15) is 19.0 Å². The van der Waals surface area contributed by atoms with Crippen LogP contribution in [0, 0.1) is 12.7 Å². The smallest absolute Gasteiger partial charge is 0.407 e. The van der Waals surface area contributed by atoms with Gasteiger partial charge >= 0.3 is 12.1 Å². The fraction of sp³-hybridized carbons (Fsp3) is 0.558. The number of esters is 1. The number of cyclic esters (lactones) is 1. The number of rotatable bonds is 30. The van der Waals surface area contributed by atoms with Crippen LogP contribution in [-0.2, 0) is 95.3 Å². The molecular formula is C52H67FN4O15. The van der Waals surface area contributed by atoms with Crippen LogP contribution in [0.15, 0.2) is 41.2 Å². The molecule has 2 aliphatic heterocycles. The number of aliphatic hydroxyl groups is 1. The molecule has 2 amide bonds. The van der Waals surface area contributed by atoms with Crippen molar-refractivity contribution in [3.63, 3.8) is 0 Å². The molecule has 0 spiro atoms. The Morgan fingerprint density at radius 2 is 1.43 bits per heavy atom. The van der Waals surface area contributed by atoms with Crippen LogP contribution < -0.4 is 10.9 Å². The van der Waals surface area contributed by atoms with Gasteiger partial charge in [0.25, 0.3) is 5.56 Å². The second-order valence-electron chi connectivity index (χ2n) is 17.7. The average Bonchev–Trinajstić information content (AvgIpc) is 3.75. The number of aromatic nitrogens is 2. The first-order valence-electron chi connectivity index (χ1n) is 24.6. The Hall–Kier alpha value is -5.42. The summed E-state index contributed by atoms with van der Waals surface area (Å²) in [4.78, 5) is 60.0. The Bertz CT molecular complexity index is 2570. The fourth-order valence-corrected chi connectivity index (χ4v) is 9.14. The maximum absolute atomic E-state index is 15.4. The monoisotopic (exact) mass is 1010 g/mol. The van der Waals surface area contributed by atoms with E-state index in [4.69, 9.17) is 52.4 Å². The number of amides is 2. The topological polar surface area (TPSA) is 214 Å². The Labute approximate surface area is 418 Å². The highest BCUT2D eigenvalue weighted by Gasteiger charge is 2.46. The molecule has 0 fully saturated rings. The molecule has 2 aromatic carbocycles. The highest BCUT2D eigenvalue weighted by atomic mass is 19.1. The quantitative estimate of drug-likeness (QED) is 0.0477. The minimum absolute atomic E-state index is 0.0129. The number of fused-ring (bicyclic) bond motifs is 5. The molecule has 392 valence electrons. The molecule has 2 N–H and O–H groups in total. The Morgan fingerprint density at radius 1 is 0.847 bits per heavy atom. The molecule has 3 aliphatic rings. The average molecular weight is 1010 g/mol. The summed E-state index contributed by atoms with van der Waals surface area (Å²) >= 11 is 0. The number of halogens is 1. The Kier molecular flexibility index (Phi) is 20.0. The fourth-order valence-electron chi connectivity index (χ4n) is 9.14. The summed E-state index contributed by atoms with van der Waals surface area (Å²) in [6, 6.07) is 9.79. The summed E-state index contributed by atoms with van der Waals surface area (Å²) in [7, 11) is 3.34. The molecule has 20 heteroatoms. The third-order valence-electron chi connectivity index (χ3n) is 13.1. The largest absolute Gasteiger partial charge is 0.458 e. The van der Waals surface area contributed by atoms with E-state index in [1.807, 2.05) is 24.3 Å². The summed E-state index contributed by atoms with van der Waals surface area (Å²) in [5.74, 6) is -1.37. The van der Waals surface area contributed by atoms with Gasteiger partial charge < -0.3 is 67.3 Å². The third-order valence-corrected chi connectivity index (χ3v) is 13.1. The van der Waals surface area contributed by atoms with Crippen LogP contribution in [0.2, 0.25) is 0 Å². The molecular weight excluding hydrogens is 940 g/mol. The van der Waals surface area contributed by atoms with Crippen LogP contribution in [0.5, 0.6) is 0 Å². The van der Waals surface area contributed by atoms with Gasteiger partial charge in [-0.3, -0.25) is 9.59 Å². The number of methoxy groups -OCH3 is 1. The van der Waals surface area contributed by atoms with Crippen molar-refractivity contribution in [2.24, 2.45) is 0 Å². The van der Waals surface area contributed by atoms with Gasteiger partial charge in [-0.25, -0.2) is 19.0 Å². The van der Waals surface area contributed by atoms with Crippen molar-refractivity contribution in [2.75, 3.05) is 113 Å². The summed E-state index contributed by atoms with van der Waals surface area (Å²) < 4.78 is 71.3. The van der Waals surface area contributed by atoms with Crippen LogP contribution in [0.1, 0.15) is 76.7 Å². The number of hydrogen-bond donors (Lipinski definition) is 2. The number of aryl methyl sites for hydroxylation is 1. The predicted molar refractivity (Wildman–Crippen MR) is 259 cm³/mol. The first kappa shape index (κ1) is 54.4. The lowest BCUT2D eigenvalue weighted by Gasteiger charge is -2.31. The standard InChI is InChI=1S/C52H67FN4O15/c1-5-52(62)40-28-44-48-38(31-57(44)49(59)39(40)33-71-50(52)60)47-42(11-10-37-34(2)41(53)29-43(54-48)46(37)47)55-51(61)72-32-36-9-7-6-8-35(36)30-56(3)45(58)12-13-64-16-17-66-20-21-68-24-25-70-27-26-69-23-22-67-19-18-65-15-14-63-4/h6-9,28-29,42,62H,5,10-27,30-33H2,1-4H3,(H,55,61)/t42-,52-/m0/s1. The number of hydrogen-bond acceptors (Lipinski definition) is 16. The number of carbonyl (C=O) groups excluding carboxylic acids is 3. The van der Waals surface area contributed by atoms with E-state index in [1.165, 1.54) is 10.6 Å². The van der Waals surface area contributed by atoms with Gasteiger partial charge in [0, 0.05) is 43.3 Å². The zero-order valence-electron chi connectivity index (χ0n) is 41.7. The maximum Gasteiger partial charge on any atom is 0.407 e. The predicted octanol–water partition coefficient (Wildman–Crippen LogP) is 4.55. The summed E-state index contributed by atoms with van der Waals surface area (Å²) in [5.41, 5.74) is 3.25. The lowest BCUT2D eigenvalue weighted by Crippen LogP contribution is -2.44. The van der Waals surface area contributed by atoms with Gasteiger partial charge in [0.05, 0.1) is 141 Å². The van der Waals surface area contributed by atoms with E-state index in [0.29, 0.717) is 144 Å². The molecule has 0 saturated heterocycles. The molecule has 0 bridgehead atoms. The van der Waals surface area contributed by atoms with E-state index in [-0.39, 0.29) is 62.8 Å². The summed E-state index contributed by atoms with van der Waals surface area (Å²) in [6.07, 6.45) is 0.361. The maximum atomic E-state index is 15.4. The van der Waals surface area contributed by atoms with Gasteiger partial charge in [-0.1, -0.05) is 31.2 Å². The van der Waals surface area contributed by atoms with Crippen molar-refractivity contribution in [1.29, 1.82) is 0 Å². The Morgan fingerprint density at radius 3 is 2.03 bits per heavy atom. The minimum atomic E-state index is -2.01. The molecule has 2 aromatic heterocycles. The van der Waals surface area contributed by atoms with Gasteiger partial charge in [-0.05, 0) is 60.1 Å². The first-order valence-corrected chi connectivity index (χ1v) is 24.6. The molecule has 0 saturated carbocycles. The number of nitrogens with zero attached hydrogens (tertiary/aromatic N) is 3. The molecule has 4 aromatic rings. The van der Waals surface area contributed by atoms with Crippen molar-refractivity contribution < 1.29 is 71.2 Å². The number of benzene rings is 2. The lowest BCUT2D eigenvalue weighted by atomic mass is 9.81. The van der Waals surface area contributed by atoms with Crippen molar-refractivity contribution in [3.8, 4) is 11.4 Å². The minimum Gasteiger partial charge on any atom is -0.458 e. The van der Waals surface area contributed by atoms with E-state index in [1.54, 1.807) is 39.0 Å². The zero-order valence-corrected chi connectivity index (χ0v) is 41.7. The second kappa shape index (κ2) is 26.5. The molecule has 2 atom stereocenters. The third kappa shape index (κ3) is 13.2. The normalized spacial score (nSPS) is 16.6. The number of alkyl carbamates (subject to hydrolysis) is 1. The number of nitrogens with one attached hydrogen (secondary N) is 1. The van der Waals surface area contributed by atoms with Gasteiger partial charge in [-0.15, -0.1) is 0 Å². The van der Waals surface area contributed by atoms with E-state index in [9.17, 15) is 24.3 Å². The second-order valence-corrected chi connectivity index (χ2v) is 17.7. The first-order chi connectivity index (χ1) is 35.0. The number of carbonyl (C=O) groups is 3. The molecule has 19 nitrogen and oxygen atoms in total. The van der Waals surface area contributed by atoms with E-state index in [2.05, 4.69) is 5.32 Å². The highest BCUT2D eigenvalue weighted by molar-refractivity contribution is 5.93. The summed E-state index contributed by atoms with van der Waals surface area (Å²) in [5, 5.41) is 15.1. The molecule has 0 radical (unpaired) electrons. The van der Waals surface area contributed by atoms with Crippen LogP contribution in [0.25, 0.3) is 22.3 Å². The summed E-state index contributed by atoms with van der Waals surface area (Å²) in [6.45, 7) is 10.1. The van der Waals surface area contributed by atoms with Gasteiger partial charge in [0.2, 0.25) is 5.91 Å². The van der Waals surface area contributed by atoms with Crippen molar-refractivity contribution >= 4 is 28.9 Å². The van der Waals surface area contributed by atoms with Crippen molar-refractivity contribution in [1.82, 2.24) is 19.8 Å². The molecule has 1 aliphatic carbocycles. The molecule has 72 heavy (non-hydrogen) atoms. The van der Waals surface area contributed by atoms with E-state index >= 15 is 4.39 Å². The molecule has 0 unspecified atom stereocenters. The van der Waals surface area contributed by atoms with Crippen molar-refractivity contribution in [2.45, 2.75) is 77.5 Å². The SMILES string of the molecule is CC[C@@]1(O)C(=O)OCc2c1cc1n(c2=O)Cc2c-1nc1cc(F)c(C)c3c1c2[C@@H](NC(=O)OCc1ccccc1CN(C)C(=O)CCOCCOCCOCCOCCOCCOCCOCCOC)CC3. The zero-order chi connectivity index (χ0) is 51.0. The van der Waals surface area contributed by atoms with Crippen molar-refractivity contribution in [3.05, 3.63) is 97.1 Å².